The minimum absolute atomic E-state index is 0.338. The lowest BCUT2D eigenvalue weighted by Crippen LogP contribution is -2.50. The first kappa shape index (κ1) is 17.8. The summed E-state index contributed by atoms with van der Waals surface area (Å²) in [6, 6.07) is 9.00. The van der Waals surface area contributed by atoms with E-state index < -0.39 is 0 Å². The minimum atomic E-state index is 0.338. The Morgan fingerprint density at radius 2 is 1.46 bits per heavy atom. The SMILES string of the molecule is Cc1ccc(N2CCN(CC3CCN(C(C)(C)C)CC3)CC2)cc1. The molecule has 0 amide bonds. The molecule has 0 unspecified atom stereocenters. The van der Waals surface area contributed by atoms with Crippen molar-refractivity contribution in [1.82, 2.24) is 9.80 Å². The number of hydrogen-bond acceptors (Lipinski definition) is 3. The smallest absolute Gasteiger partial charge is 0.0367 e. The van der Waals surface area contributed by atoms with Gasteiger partial charge in [-0.25, -0.2) is 0 Å². The van der Waals surface area contributed by atoms with E-state index in [0.717, 1.165) is 5.92 Å². The van der Waals surface area contributed by atoms with Crippen molar-refractivity contribution in [2.24, 2.45) is 5.92 Å². The zero-order valence-electron chi connectivity index (χ0n) is 16.1. The van der Waals surface area contributed by atoms with Gasteiger partial charge in [-0.2, -0.15) is 0 Å². The predicted molar refractivity (Wildman–Crippen MR) is 104 cm³/mol. The number of benzene rings is 1. The van der Waals surface area contributed by atoms with Crippen molar-refractivity contribution in [3.8, 4) is 0 Å². The lowest BCUT2D eigenvalue weighted by molar-refractivity contribution is 0.0735. The highest BCUT2D eigenvalue weighted by molar-refractivity contribution is 5.47. The second-order valence-electron chi connectivity index (χ2n) is 8.72. The van der Waals surface area contributed by atoms with Crippen molar-refractivity contribution in [3.05, 3.63) is 29.8 Å². The van der Waals surface area contributed by atoms with E-state index in [1.54, 1.807) is 0 Å². The molecule has 2 heterocycles. The van der Waals surface area contributed by atoms with E-state index in [2.05, 4.69) is 66.7 Å². The van der Waals surface area contributed by atoms with Gasteiger partial charge in [-0.3, -0.25) is 9.80 Å². The third-order valence-corrected chi connectivity index (χ3v) is 5.85. The lowest BCUT2D eigenvalue weighted by Gasteiger charge is -2.43. The number of anilines is 1. The predicted octanol–water partition coefficient (Wildman–Crippen LogP) is 3.63. The highest BCUT2D eigenvalue weighted by Crippen LogP contribution is 2.25. The fourth-order valence-corrected chi connectivity index (χ4v) is 4.10. The molecule has 0 saturated carbocycles. The first-order valence-electron chi connectivity index (χ1n) is 9.71. The van der Waals surface area contributed by atoms with Crippen LogP contribution in [0.4, 0.5) is 5.69 Å². The van der Waals surface area contributed by atoms with E-state index in [-0.39, 0.29) is 0 Å². The fraction of sp³-hybridized carbons (Fsp3) is 0.714. The topological polar surface area (TPSA) is 9.72 Å². The zero-order chi connectivity index (χ0) is 17.2. The quantitative estimate of drug-likeness (QED) is 0.838. The van der Waals surface area contributed by atoms with Gasteiger partial charge in [0.2, 0.25) is 0 Å². The maximum absolute atomic E-state index is 2.70. The summed E-state index contributed by atoms with van der Waals surface area (Å²) in [5.74, 6) is 0.898. The Hall–Kier alpha value is -1.06. The van der Waals surface area contributed by atoms with Gasteiger partial charge in [0.1, 0.15) is 0 Å². The van der Waals surface area contributed by atoms with Crippen molar-refractivity contribution >= 4 is 5.69 Å². The Balaban J connectivity index is 1.42. The molecule has 0 N–H and O–H groups in total. The summed E-state index contributed by atoms with van der Waals surface area (Å²) in [6.45, 7) is 17.8. The lowest BCUT2D eigenvalue weighted by atomic mass is 9.92. The molecule has 3 nitrogen and oxygen atoms in total. The van der Waals surface area contributed by atoms with Crippen molar-refractivity contribution < 1.29 is 0 Å². The average Bonchev–Trinajstić information content (AvgIpc) is 2.56. The molecule has 1 aromatic rings. The standard InChI is InChI=1S/C21H35N3/c1-18-5-7-20(8-6-18)23-15-13-22(14-16-23)17-19-9-11-24(12-10-19)21(2,3)4/h5-8,19H,9-17H2,1-4H3. The van der Waals surface area contributed by atoms with Gasteiger partial charge in [0.15, 0.2) is 0 Å². The Bertz CT molecular complexity index is 501. The second-order valence-corrected chi connectivity index (χ2v) is 8.72. The van der Waals surface area contributed by atoms with E-state index in [9.17, 15) is 0 Å². The molecular weight excluding hydrogens is 294 g/mol. The molecule has 0 radical (unpaired) electrons. The van der Waals surface area contributed by atoms with Crippen LogP contribution in [0, 0.1) is 12.8 Å². The maximum atomic E-state index is 2.70. The summed E-state index contributed by atoms with van der Waals surface area (Å²) in [6.07, 6.45) is 2.74. The molecule has 0 atom stereocenters. The Morgan fingerprint density at radius 3 is 2.00 bits per heavy atom. The van der Waals surface area contributed by atoms with Crippen molar-refractivity contribution in [2.45, 2.75) is 46.1 Å². The van der Waals surface area contributed by atoms with Gasteiger partial charge in [0.25, 0.3) is 0 Å². The molecule has 3 heteroatoms. The molecule has 0 aromatic heterocycles. The number of piperazine rings is 1. The van der Waals surface area contributed by atoms with Crippen LogP contribution in [0.5, 0.6) is 0 Å². The van der Waals surface area contributed by atoms with Crippen LogP contribution in [0.2, 0.25) is 0 Å². The van der Waals surface area contributed by atoms with Gasteiger partial charge in [-0.1, -0.05) is 17.7 Å². The monoisotopic (exact) mass is 329 g/mol. The molecule has 0 aliphatic carbocycles. The number of nitrogens with zero attached hydrogens (tertiary/aromatic N) is 3. The normalized spacial score (nSPS) is 22.1. The Kier molecular flexibility index (Phi) is 5.51. The van der Waals surface area contributed by atoms with Gasteiger partial charge in [-0.15, -0.1) is 0 Å². The van der Waals surface area contributed by atoms with Crippen LogP contribution in [0.15, 0.2) is 24.3 Å². The molecule has 0 spiro atoms. The number of piperidine rings is 1. The van der Waals surface area contributed by atoms with Crippen LogP contribution < -0.4 is 4.90 Å². The van der Waals surface area contributed by atoms with E-state index in [1.165, 1.54) is 69.9 Å². The molecule has 2 saturated heterocycles. The van der Waals surface area contributed by atoms with Crippen LogP contribution in [-0.4, -0.2) is 61.2 Å². The summed E-state index contributed by atoms with van der Waals surface area (Å²) in [5, 5.41) is 0. The zero-order valence-corrected chi connectivity index (χ0v) is 16.1. The minimum Gasteiger partial charge on any atom is -0.369 e. The van der Waals surface area contributed by atoms with Crippen molar-refractivity contribution in [2.75, 3.05) is 50.7 Å². The number of likely N-dealkylation sites (tertiary alicyclic amines) is 1. The molecule has 2 fully saturated rings. The highest BCUT2D eigenvalue weighted by Gasteiger charge is 2.28. The van der Waals surface area contributed by atoms with Gasteiger partial charge in [-0.05, 0) is 71.7 Å². The molecule has 1 aromatic carbocycles. The summed E-state index contributed by atoms with van der Waals surface area (Å²) >= 11 is 0. The first-order chi connectivity index (χ1) is 11.4. The first-order valence-corrected chi connectivity index (χ1v) is 9.71. The third kappa shape index (κ3) is 4.52. The third-order valence-electron chi connectivity index (χ3n) is 5.85. The van der Waals surface area contributed by atoms with Crippen molar-refractivity contribution in [1.29, 1.82) is 0 Å². The molecule has 134 valence electrons. The second kappa shape index (κ2) is 7.45. The fourth-order valence-electron chi connectivity index (χ4n) is 4.10. The highest BCUT2D eigenvalue weighted by atomic mass is 15.3. The van der Waals surface area contributed by atoms with E-state index in [1.807, 2.05) is 0 Å². The van der Waals surface area contributed by atoms with Crippen LogP contribution in [0.3, 0.4) is 0 Å². The van der Waals surface area contributed by atoms with Crippen LogP contribution in [-0.2, 0) is 0 Å². The van der Waals surface area contributed by atoms with Crippen LogP contribution in [0.1, 0.15) is 39.2 Å². The summed E-state index contributed by atoms with van der Waals surface area (Å²) in [5.41, 5.74) is 3.07. The maximum Gasteiger partial charge on any atom is 0.0367 e. The molecular formula is C21H35N3. The number of rotatable bonds is 3. The Labute approximate surface area is 148 Å². The number of aryl methyl sites for hydroxylation is 1. The molecule has 2 aliphatic heterocycles. The van der Waals surface area contributed by atoms with Crippen molar-refractivity contribution in [3.63, 3.8) is 0 Å². The summed E-state index contributed by atoms with van der Waals surface area (Å²) in [4.78, 5) is 7.89. The van der Waals surface area contributed by atoms with Crippen LogP contribution in [0.25, 0.3) is 0 Å². The molecule has 3 rings (SSSR count). The van der Waals surface area contributed by atoms with E-state index in [4.69, 9.17) is 0 Å². The molecule has 0 bridgehead atoms. The number of hydrogen-bond donors (Lipinski definition) is 0. The van der Waals surface area contributed by atoms with Gasteiger partial charge in [0.05, 0.1) is 0 Å². The van der Waals surface area contributed by atoms with Gasteiger partial charge < -0.3 is 4.90 Å². The summed E-state index contributed by atoms with van der Waals surface area (Å²) in [7, 11) is 0. The van der Waals surface area contributed by atoms with Gasteiger partial charge >= 0.3 is 0 Å². The molecule has 2 aliphatic rings. The summed E-state index contributed by atoms with van der Waals surface area (Å²) < 4.78 is 0. The Morgan fingerprint density at radius 1 is 0.875 bits per heavy atom. The van der Waals surface area contributed by atoms with Gasteiger partial charge in [0, 0.05) is 44.0 Å². The molecule has 24 heavy (non-hydrogen) atoms. The largest absolute Gasteiger partial charge is 0.369 e. The average molecular weight is 330 g/mol. The van der Waals surface area contributed by atoms with Crippen LogP contribution >= 0.6 is 0 Å². The van der Waals surface area contributed by atoms with E-state index in [0.29, 0.717) is 5.54 Å². The van der Waals surface area contributed by atoms with E-state index >= 15 is 0 Å².